The SMILES string of the molecule is CC(C)Oc1cccc(CN(C)c2ncccn2)c1. The van der Waals surface area contributed by atoms with Gasteiger partial charge in [-0.2, -0.15) is 0 Å². The van der Waals surface area contributed by atoms with Crippen molar-refractivity contribution in [3.8, 4) is 5.75 Å². The minimum Gasteiger partial charge on any atom is -0.491 e. The fourth-order valence-electron chi connectivity index (χ4n) is 1.82. The van der Waals surface area contributed by atoms with E-state index in [1.165, 1.54) is 5.56 Å². The van der Waals surface area contributed by atoms with Crippen molar-refractivity contribution in [2.24, 2.45) is 0 Å². The van der Waals surface area contributed by atoms with E-state index in [1.54, 1.807) is 12.4 Å². The van der Waals surface area contributed by atoms with Gasteiger partial charge in [-0.25, -0.2) is 9.97 Å². The third-order valence-electron chi connectivity index (χ3n) is 2.58. The van der Waals surface area contributed by atoms with Gasteiger partial charge in [-0.3, -0.25) is 0 Å². The second-order valence-electron chi connectivity index (χ2n) is 4.72. The van der Waals surface area contributed by atoms with Crippen LogP contribution in [0, 0.1) is 0 Å². The van der Waals surface area contributed by atoms with Crippen LogP contribution in [0.2, 0.25) is 0 Å². The standard InChI is InChI=1S/C15H19N3O/c1-12(2)19-14-7-4-6-13(10-14)11-18(3)15-16-8-5-9-17-15/h4-10,12H,11H2,1-3H3. The Balaban J connectivity index is 2.06. The fourth-order valence-corrected chi connectivity index (χ4v) is 1.82. The Morgan fingerprint density at radius 1 is 1.16 bits per heavy atom. The zero-order chi connectivity index (χ0) is 13.7. The summed E-state index contributed by atoms with van der Waals surface area (Å²) in [5.74, 6) is 1.62. The topological polar surface area (TPSA) is 38.2 Å². The fraction of sp³-hybridized carbons (Fsp3) is 0.333. The summed E-state index contributed by atoms with van der Waals surface area (Å²) in [6, 6.07) is 9.93. The van der Waals surface area contributed by atoms with Crippen LogP contribution in [0.5, 0.6) is 5.75 Å². The second kappa shape index (κ2) is 6.18. The molecule has 0 saturated heterocycles. The summed E-state index contributed by atoms with van der Waals surface area (Å²) >= 11 is 0. The number of anilines is 1. The van der Waals surface area contributed by atoms with Crippen LogP contribution in [0.4, 0.5) is 5.95 Å². The monoisotopic (exact) mass is 257 g/mol. The van der Waals surface area contributed by atoms with Crippen molar-refractivity contribution in [2.75, 3.05) is 11.9 Å². The lowest BCUT2D eigenvalue weighted by Gasteiger charge is -2.17. The maximum Gasteiger partial charge on any atom is 0.225 e. The van der Waals surface area contributed by atoms with Crippen molar-refractivity contribution in [3.63, 3.8) is 0 Å². The molecular formula is C15H19N3O. The van der Waals surface area contributed by atoms with Gasteiger partial charge in [0.05, 0.1) is 6.10 Å². The molecule has 0 aliphatic heterocycles. The molecule has 1 aromatic heterocycles. The summed E-state index contributed by atoms with van der Waals surface area (Å²) in [5, 5.41) is 0. The Bertz CT molecular complexity index is 514. The van der Waals surface area contributed by atoms with Crippen LogP contribution >= 0.6 is 0 Å². The minimum atomic E-state index is 0.186. The van der Waals surface area contributed by atoms with Crippen molar-refractivity contribution in [1.82, 2.24) is 9.97 Å². The number of hydrogen-bond acceptors (Lipinski definition) is 4. The number of benzene rings is 1. The van der Waals surface area contributed by atoms with Crippen LogP contribution in [-0.2, 0) is 6.54 Å². The molecule has 0 amide bonds. The van der Waals surface area contributed by atoms with Gasteiger partial charge in [0.15, 0.2) is 0 Å². The molecule has 0 saturated carbocycles. The Hall–Kier alpha value is -2.10. The van der Waals surface area contributed by atoms with Gasteiger partial charge in [-0.15, -0.1) is 0 Å². The molecule has 4 heteroatoms. The summed E-state index contributed by atoms with van der Waals surface area (Å²) in [4.78, 5) is 10.5. The molecule has 0 bridgehead atoms. The van der Waals surface area contributed by atoms with Crippen LogP contribution in [0.15, 0.2) is 42.7 Å². The molecule has 0 N–H and O–H groups in total. The molecule has 2 rings (SSSR count). The first-order valence-electron chi connectivity index (χ1n) is 6.39. The molecule has 0 unspecified atom stereocenters. The van der Waals surface area contributed by atoms with Gasteiger partial charge in [0.1, 0.15) is 5.75 Å². The average Bonchev–Trinajstić information content (AvgIpc) is 2.39. The molecular weight excluding hydrogens is 238 g/mol. The summed E-state index contributed by atoms with van der Waals surface area (Å²) < 4.78 is 5.69. The number of ether oxygens (including phenoxy) is 1. The molecule has 0 aliphatic rings. The molecule has 0 atom stereocenters. The number of aromatic nitrogens is 2. The molecule has 19 heavy (non-hydrogen) atoms. The van der Waals surface area contributed by atoms with E-state index in [1.807, 2.05) is 44.0 Å². The Labute approximate surface area is 114 Å². The van der Waals surface area contributed by atoms with Crippen molar-refractivity contribution < 1.29 is 4.74 Å². The van der Waals surface area contributed by atoms with E-state index in [-0.39, 0.29) is 6.10 Å². The molecule has 0 fully saturated rings. The first-order chi connectivity index (χ1) is 9.15. The highest BCUT2D eigenvalue weighted by Crippen LogP contribution is 2.17. The highest BCUT2D eigenvalue weighted by atomic mass is 16.5. The maximum atomic E-state index is 5.69. The van der Waals surface area contributed by atoms with Crippen molar-refractivity contribution in [2.45, 2.75) is 26.5 Å². The Morgan fingerprint density at radius 3 is 2.58 bits per heavy atom. The van der Waals surface area contributed by atoms with Gasteiger partial charge in [0.25, 0.3) is 0 Å². The van der Waals surface area contributed by atoms with Gasteiger partial charge in [0, 0.05) is 26.0 Å². The normalized spacial score (nSPS) is 10.5. The van der Waals surface area contributed by atoms with E-state index in [4.69, 9.17) is 4.74 Å². The van der Waals surface area contributed by atoms with Crippen molar-refractivity contribution in [3.05, 3.63) is 48.3 Å². The molecule has 0 radical (unpaired) electrons. The van der Waals surface area contributed by atoms with Gasteiger partial charge >= 0.3 is 0 Å². The summed E-state index contributed by atoms with van der Waals surface area (Å²) in [6.45, 7) is 4.80. The third-order valence-corrected chi connectivity index (χ3v) is 2.58. The minimum absolute atomic E-state index is 0.186. The van der Waals surface area contributed by atoms with E-state index in [0.29, 0.717) is 0 Å². The van der Waals surface area contributed by atoms with Gasteiger partial charge in [-0.1, -0.05) is 12.1 Å². The van der Waals surface area contributed by atoms with Crippen LogP contribution < -0.4 is 9.64 Å². The van der Waals surface area contributed by atoms with Gasteiger partial charge in [-0.05, 0) is 37.6 Å². The zero-order valence-electron chi connectivity index (χ0n) is 11.6. The molecule has 2 aromatic rings. The highest BCUT2D eigenvalue weighted by molar-refractivity contribution is 5.34. The molecule has 4 nitrogen and oxygen atoms in total. The Kier molecular flexibility index (Phi) is 4.34. The Morgan fingerprint density at radius 2 is 1.89 bits per heavy atom. The largest absolute Gasteiger partial charge is 0.491 e. The molecule has 1 aromatic carbocycles. The van der Waals surface area contributed by atoms with E-state index in [9.17, 15) is 0 Å². The first-order valence-corrected chi connectivity index (χ1v) is 6.39. The summed E-state index contributed by atoms with van der Waals surface area (Å²) in [5.41, 5.74) is 1.17. The van der Waals surface area contributed by atoms with Crippen molar-refractivity contribution >= 4 is 5.95 Å². The summed E-state index contributed by atoms with van der Waals surface area (Å²) in [7, 11) is 1.98. The van der Waals surface area contributed by atoms with Gasteiger partial charge < -0.3 is 9.64 Å². The predicted octanol–water partition coefficient (Wildman–Crippen LogP) is 2.90. The van der Waals surface area contributed by atoms with E-state index >= 15 is 0 Å². The van der Waals surface area contributed by atoms with Gasteiger partial charge in [0.2, 0.25) is 5.95 Å². The zero-order valence-corrected chi connectivity index (χ0v) is 11.6. The van der Waals surface area contributed by atoms with E-state index in [0.717, 1.165) is 18.2 Å². The number of nitrogens with zero attached hydrogens (tertiary/aromatic N) is 3. The molecule has 0 spiro atoms. The molecule has 1 heterocycles. The summed E-state index contributed by atoms with van der Waals surface area (Å²) in [6.07, 6.45) is 3.68. The first kappa shape index (κ1) is 13.3. The predicted molar refractivity (Wildman–Crippen MR) is 76.3 cm³/mol. The molecule has 100 valence electrons. The quantitative estimate of drug-likeness (QED) is 0.825. The van der Waals surface area contributed by atoms with E-state index < -0.39 is 0 Å². The lowest BCUT2D eigenvalue weighted by atomic mass is 10.2. The number of rotatable bonds is 5. The van der Waals surface area contributed by atoms with Crippen LogP contribution in [0.25, 0.3) is 0 Å². The van der Waals surface area contributed by atoms with Crippen LogP contribution in [0.3, 0.4) is 0 Å². The third kappa shape index (κ3) is 3.95. The van der Waals surface area contributed by atoms with Crippen LogP contribution in [-0.4, -0.2) is 23.1 Å². The highest BCUT2D eigenvalue weighted by Gasteiger charge is 2.05. The second-order valence-corrected chi connectivity index (χ2v) is 4.72. The average molecular weight is 257 g/mol. The maximum absolute atomic E-state index is 5.69. The van der Waals surface area contributed by atoms with Crippen molar-refractivity contribution in [1.29, 1.82) is 0 Å². The van der Waals surface area contributed by atoms with E-state index in [2.05, 4.69) is 22.1 Å². The molecule has 0 aliphatic carbocycles. The number of hydrogen-bond donors (Lipinski definition) is 0. The smallest absolute Gasteiger partial charge is 0.225 e. The lowest BCUT2D eigenvalue weighted by molar-refractivity contribution is 0.242. The van der Waals surface area contributed by atoms with Crippen LogP contribution in [0.1, 0.15) is 19.4 Å². The lowest BCUT2D eigenvalue weighted by Crippen LogP contribution is -2.18.